The average Bonchev–Trinajstić information content (AvgIpc) is 3.22. The molecule has 3 rings (SSSR count). The van der Waals surface area contributed by atoms with Crippen LogP contribution in [0.3, 0.4) is 0 Å². The first-order valence-electron chi connectivity index (χ1n) is 9.08. The topological polar surface area (TPSA) is 96.4 Å². The van der Waals surface area contributed by atoms with Crippen molar-refractivity contribution in [2.45, 2.75) is 6.54 Å². The fourth-order valence-corrected chi connectivity index (χ4v) is 3.36. The molecule has 156 valence electrons. The van der Waals surface area contributed by atoms with Gasteiger partial charge in [0.2, 0.25) is 5.13 Å². The summed E-state index contributed by atoms with van der Waals surface area (Å²) in [5.41, 5.74) is 1.74. The van der Waals surface area contributed by atoms with Crippen molar-refractivity contribution in [3.05, 3.63) is 65.2 Å². The normalized spacial score (nSPS) is 10.3. The molecule has 2 aromatic carbocycles. The second-order valence-corrected chi connectivity index (χ2v) is 7.60. The molecule has 0 bridgehead atoms. The highest BCUT2D eigenvalue weighted by Gasteiger charge is 2.12. The number of urea groups is 1. The van der Waals surface area contributed by atoms with E-state index in [9.17, 15) is 9.59 Å². The van der Waals surface area contributed by atoms with E-state index in [1.54, 1.807) is 13.1 Å². The predicted molar refractivity (Wildman–Crippen MR) is 117 cm³/mol. The van der Waals surface area contributed by atoms with E-state index in [1.165, 1.54) is 16.2 Å². The first-order chi connectivity index (χ1) is 14.5. The minimum atomic E-state index is -0.657. The Kier molecular flexibility index (Phi) is 7.58. The van der Waals surface area contributed by atoms with Gasteiger partial charge >= 0.3 is 12.1 Å². The highest BCUT2D eigenvalue weighted by atomic mass is 35.5. The lowest BCUT2D eigenvalue weighted by Crippen LogP contribution is -2.39. The Bertz CT molecular complexity index is 999. The molecular weight excluding hydrogens is 426 g/mol. The summed E-state index contributed by atoms with van der Waals surface area (Å²) in [7, 11) is 1.61. The summed E-state index contributed by atoms with van der Waals surface area (Å²) < 4.78 is 5.11. The number of anilines is 1. The largest absolute Gasteiger partial charge is 0.447 e. The maximum atomic E-state index is 12.1. The number of halogens is 1. The standard InChI is InChI=1S/C20H20ClN5O3S/c1-26(19(27)22-13-15-9-5-6-10-16(15)21)11-12-29-20(28)23-18-25-24-17(30-18)14-7-3-2-4-8-14/h2-10H,11-13H2,1H3,(H,22,27)(H,23,25,28). The molecule has 1 heterocycles. The molecule has 30 heavy (non-hydrogen) atoms. The van der Waals surface area contributed by atoms with Gasteiger partial charge in [0.1, 0.15) is 11.6 Å². The van der Waals surface area contributed by atoms with Gasteiger partial charge < -0.3 is 15.0 Å². The third kappa shape index (κ3) is 6.16. The van der Waals surface area contributed by atoms with E-state index < -0.39 is 6.09 Å². The molecule has 0 saturated heterocycles. The lowest BCUT2D eigenvalue weighted by molar-refractivity contribution is 0.146. The van der Waals surface area contributed by atoms with Gasteiger partial charge in [-0.25, -0.2) is 9.59 Å². The third-order valence-electron chi connectivity index (χ3n) is 4.05. The Morgan fingerprint density at radius 1 is 1.10 bits per heavy atom. The molecule has 3 aromatic rings. The second-order valence-electron chi connectivity index (χ2n) is 6.21. The van der Waals surface area contributed by atoms with Gasteiger partial charge in [-0.3, -0.25) is 5.32 Å². The molecule has 8 nitrogen and oxygen atoms in total. The molecule has 0 atom stereocenters. The van der Waals surface area contributed by atoms with Crippen LogP contribution in [-0.4, -0.2) is 47.4 Å². The third-order valence-corrected chi connectivity index (χ3v) is 5.31. The molecule has 0 aliphatic carbocycles. The lowest BCUT2D eigenvalue weighted by Gasteiger charge is -2.18. The number of carbonyl (C=O) groups is 2. The first kappa shape index (κ1) is 21.5. The Morgan fingerprint density at radius 2 is 1.83 bits per heavy atom. The van der Waals surface area contributed by atoms with Crippen LogP contribution >= 0.6 is 22.9 Å². The molecule has 0 saturated carbocycles. The van der Waals surface area contributed by atoms with E-state index in [4.69, 9.17) is 16.3 Å². The van der Waals surface area contributed by atoms with Gasteiger partial charge in [-0.15, -0.1) is 10.2 Å². The first-order valence-corrected chi connectivity index (χ1v) is 10.3. The van der Waals surface area contributed by atoms with Gasteiger partial charge in [-0.2, -0.15) is 0 Å². The molecule has 3 amide bonds. The number of aromatic nitrogens is 2. The van der Waals surface area contributed by atoms with Crippen molar-refractivity contribution in [2.75, 3.05) is 25.5 Å². The van der Waals surface area contributed by atoms with Crippen LogP contribution in [0.15, 0.2) is 54.6 Å². The van der Waals surface area contributed by atoms with Crippen LogP contribution in [0.4, 0.5) is 14.7 Å². The fourth-order valence-electron chi connectivity index (χ4n) is 2.42. The summed E-state index contributed by atoms with van der Waals surface area (Å²) in [5, 5.41) is 14.9. The number of benzene rings is 2. The fraction of sp³-hybridized carbons (Fsp3) is 0.200. The summed E-state index contributed by atoms with van der Waals surface area (Å²) in [6.45, 7) is 0.574. The highest BCUT2D eigenvalue weighted by Crippen LogP contribution is 2.25. The van der Waals surface area contributed by atoms with Crippen molar-refractivity contribution in [2.24, 2.45) is 0 Å². The van der Waals surface area contributed by atoms with Crippen LogP contribution in [0, 0.1) is 0 Å². The number of likely N-dealkylation sites (N-methyl/N-ethyl adjacent to an activating group) is 1. The summed E-state index contributed by atoms with van der Waals surface area (Å²) in [4.78, 5) is 25.5. The van der Waals surface area contributed by atoms with Crippen LogP contribution in [0.2, 0.25) is 5.02 Å². The molecule has 0 aliphatic heterocycles. The van der Waals surface area contributed by atoms with Gasteiger partial charge in [0, 0.05) is 24.2 Å². The number of amides is 3. The number of carbonyl (C=O) groups excluding carboxylic acids is 2. The smallest absolute Gasteiger partial charge is 0.413 e. The van der Waals surface area contributed by atoms with E-state index in [0.717, 1.165) is 11.1 Å². The number of hydrogen-bond acceptors (Lipinski definition) is 6. The van der Waals surface area contributed by atoms with Crippen LogP contribution in [0.5, 0.6) is 0 Å². The number of nitrogens with zero attached hydrogens (tertiary/aromatic N) is 3. The van der Waals surface area contributed by atoms with Gasteiger partial charge in [0.05, 0.1) is 6.54 Å². The summed E-state index contributed by atoms with van der Waals surface area (Å²) in [6, 6.07) is 16.5. The maximum absolute atomic E-state index is 12.1. The minimum Gasteiger partial charge on any atom is -0.447 e. The van der Waals surface area contributed by atoms with E-state index in [0.29, 0.717) is 21.7 Å². The summed E-state index contributed by atoms with van der Waals surface area (Å²) in [5.74, 6) is 0. The highest BCUT2D eigenvalue weighted by molar-refractivity contribution is 7.18. The number of ether oxygens (including phenoxy) is 1. The van der Waals surface area contributed by atoms with Gasteiger partial charge in [0.25, 0.3) is 0 Å². The second kappa shape index (κ2) is 10.6. The van der Waals surface area contributed by atoms with E-state index in [2.05, 4.69) is 20.8 Å². The summed E-state index contributed by atoms with van der Waals surface area (Å²) in [6.07, 6.45) is -0.657. The number of hydrogen-bond donors (Lipinski definition) is 2. The Labute approximate surface area is 182 Å². The molecule has 0 fully saturated rings. The van der Waals surface area contributed by atoms with E-state index in [1.807, 2.05) is 48.5 Å². The van der Waals surface area contributed by atoms with Crippen molar-refractivity contribution >= 4 is 40.2 Å². The Morgan fingerprint density at radius 3 is 2.60 bits per heavy atom. The van der Waals surface area contributed by atoms with Gasteiger partial charge in [-0.1, -0.05) is 71.5 Å². The molecule has 0 unspecified atom stereocenters. The molecule has 0 radical (unpaired) electrons. The summed E-state index contributed by atoms with van der Waals surface area (Å²) >= 11 is 7.32. The molecule has 2 N–H and O–H groups in total. The van der Waals surface area contributed by atoms with Crippen LogP contribution in [0.25, 0.3) is 10.6 Å². The SMILES string of the molecule is CN(CCOC(=O)Nc1nnc(-c2ccccc2)s1)C(=O)NCc1ccccc1Cl. The lowest BCUT2D eigenvalue weighted by atomic mass is 10.2. The number of rotatable bonds is 7. The van der Waals surface area contributed by atoms with Crippen LogP contribution < -0.4 is 10.6 Å². The Balaban J connectivity index is 1.38. The quantitative estimate of drug-likeness (QED) is 0.566. The molecule has 1 aromatic heterocycles. The predicted octanol–water partition coefficient (Wildman–Crippen LogP) is 4.25. The maximum Gasteiger partial charge on any atom is 0.413 e. The van der Waals surface area contributed by atoms with Crippen molar-refractivity contribution in [3.63, 3.8) is 0 Å². The van der Waals surface area contributed by atoms with Crippen LogP contribution in [0.1, 0.15) is 5.56 Å². The molecule has 10 heteroatoms. The van der Waals surface area contributed by atoms with Crippen LogP contribution in [-0.2, 0) is 11.3 Å². The van der Waals surface area contributed by atoms with E-state index >= 15 is 0 Å². The molecule has 0 aliphatic rings. The Hall–Kier alpha value is -3.17. The van der Waals surface area contributed by atoms with E-state index in [-0.39, 0.29) is 19.2 Å². The zero-order chi connectivity index (χ0) is 21.3. The van der Waals surface area contributed by atoms with Crippen molar-refractivity contribution in [3.8, 4) is 10.6 Å². The van der Waals surface area contributed by atoms with Crippen molar-refractivity contribution in [1.29, 1.82) is 0 Å². The zero-order valence-corrected chi connectivity index (χ0v) is 17.7. The zero-order valence-electron chi connectivity index (χ0n) is 16.2. The number of nitrogens with one attached hydrogen (secondary N) is 2. The van der Waals surface area contributed by atoms with Crippen molar-refractivity contribution < 1.29 is 14.3 Å². The minimum absolute atomic E-state index is 0.0339. The van der Waals surface area contributed by atoms with Gasteiger partial charge in [-0.05, 0) is 11.6 Å². The van der Waals surface area contributed by atoms with Crippen molar-refractivity contribution in [1.82, 2.24) is 20.4 Å². The van der Waals surface area contributed by atoms with Gasteiger partial charge in [0.15, 0.2) is 0 Å². The molecular formula is C20H20ClN5O3S. The average molecular weight is 446 g/mol. The molecule has 0 spiro atoms. The monoisotopic (exact) mass is 445 g/mol.